The van der Waals surface area contributed by atoms with E-state index in [4.69, 9.17) is 0 Å². The second kappa shape index (κ2) is 4.58. The molecule has 2 nitrogen and oxygen atoms in total. The van der Waals surface area contributed by atoms with Crippen LogP contribution in [0.1, 0.15) is 37.0 Å². The van der Waals surface area contributed by atoms with E-state index >= 15 is 0 Å². The van der Waals surface area contributed by atoms with E-state index in [1.807, 2.05) is 0 Å². The van der Waals surface area contributed by atoms with Crippen molar-refractivity contribution in [3.05, 3.63) is 28.8 Å². The van der Waals surface area contributed by atoms with Crippen molar-refractivity contribution in [2.75, 3.05) is 18.5 Å². The minimum Gasteiger partial charge on any atom is -0.364 e. The molecule has 1 unspecified atom stereocenters. The van der Waals surface area contributed by atoms with Crippen molar-refractivity contribution in [1.29, 1.82) is 0 Å². The minimum absolute atomic E-state index is 0.180. The van der Waals surface area contributed by atoms with Crippen molar-refractivity contribution in [1.82, 2.24) is 5.32 Å². The lowest BCUT2D eigenvalue weighted by Gasteiger charge is -2.39. The fourth-order valence-corrected chi connectivity index (χ4v) is 3.58. The Morgan fingerprint density at radius 2 is 1.72 bits per heavy atom. The third-order valence-electron chi connectivity index (χ3n) is 4.44. The van der Waals surface area contributed by atoms with Gasteiger partial charge in [0.25, 0.3) is 0 Å². The smallest absolute Gasteiger partial charge is 0.0499 e. The van der Waals surface area contributed by atoms with Gasteiger partial charge in [-0.1, -0.05) is 17.7 Å². The highest BCUT2D eigenvalue weighted by atomic mass is 15.3. The highest BCUT2D eigenvalue weighted by Crippen LogP contribution is 2.37. The third kappa shape index (κ3) is 2.03. The molecule has 1 aliphatic rings. The van der Waals surface area contributed by atoms with E-state index in [-0.39, 0.29) is 5.54 Å². The van der Waals surface area contributed by atoms with E-state index < -0.39 is 0 Å². The largest absolute Gasteiger partial charge is 0.364 e. The van der Waals surface area contributed by atoms with Gasteiger partial charge in [-0.15, -0.1) is 0 Å². The van der Waals surface area contributed by atoms with Crippen molar-refractivity contribution < 1.29 is 0 Å². The summed E-state index contributed by atoms with van der Waals surface area (Å²) in [6, 6.07) is 5.16. The Morgan fingerprint density at radius 1 is 1.17 bits per heavy atom. The number of rotatable bonds is 2. The van der Waals surface area contributed by atoms with Crippen molar-refractivity contribution in [3.8, 4) is 0 Å². The Bertz CT molecular complexity index is 425. The normalized spacial score (nSPS) is 22.6. The molecule has 100 valence electrons. The first kappa shape index (κ1) is 13.4. The van der Waals surface area contributed by atoms with E-state index in [1.165, 1.54) is 28.8 Å². The first-order valence-corrected chi connectivity index (χ1v) is 6.90. The van der Waals surface area contributed by atoms with Crippen molar-refractivity contribution in [3.63, 3.8) is 0 Å². The van der Waals surface area contributed by atoms with Crippen molar-refractivity contribution in [2.45, 2.75) is 52.6 Å². The van der Waals surface area contributed by atoms with Gasteiger partial charge >= 0.3 is 0 Å². The molecule has 1 fully saturated rings. The van der Waals surface area contributed by atoms with Gasteiger partial charge in [0.15, 0.2) is 0 Å². The maximum Gasteiger partial charge on any atom is 0.0499 e. The van der Waals surface area contributed by atoms with E-state index in [0.717, 1.165) is 6.54 Å². The zero-order valence-electron chi connectivity index (χ0n) is 12.6. The molecule has 1 aromatic carbocycles. The van der Waals surface area contributed by atoms with Crippen molar-refractivity contribution >= 4 is 5.69 Å². The number of likely N-dealkylation sites (N-methyl/N-ethyl adjacent to an activating group) is 1. The van der Waals surface area contributed by atoms with Crippen LogP contribution in [-0.4, -0.2) is 25.2 Å². The number of nitrogens with zero attached hydrogens (tertiary/aromatic N) is 1. The summed E-state index contributed by atoms with van der Waals surface area (Å²) in [7, 11) is 2.07. The van der Waals surface area contributed by atoms with Crippen LogP contribution < -0.4 is 10.2 Å². The molecule has 2 heteroatoms. The van der Waals surface area contributed by atoms with Crippen LogP contribution in [0.4, 0.5) is 5.69 Å². The zero-order chi connectivity index (χ0) is 13.5. The summed E-state index contributed by atoms with van der Waals surface area (Å²) in [6.45, 7) is 12.5. The van der Waals surface area contributed by atoms with Gasteiger partial charge in [0.2, 0.25) is 0 Å². The number of hydrogen-bond donors (Lipinski definition) is 1. The molecule has 0 amide bonds. The van der Waals surface area contributed by atoms with Crippen LogP contribution in [-0.2, 0) is 0 Å². The highest BCUT2D eigenvalue weighted by Gasteiger charge is 2.41. The summed E-state index contributed by atoms with van der Waals surface area (Å²) in [5.41, 5.74) is 5.77. The predicted octanol–water partition coefficient (Wildman–Crippen LogP) is 3.19. The molecule has 1 saturated heterocycles. The lowest BCUT2D eigenvalue weighted by molar-refractivity contribution is 0.402. The summed E-state index contributed by atoms with van der Waals surface area (Å²) < 4.78 is 0. The fraction of sp³-hybridized carbons (Fsp3) is 0.625. The quantitative estimate of drug-likeness (QED) is 0.862. The Morgan fingerprint density at radius 3 is 2.17 bits per heavy atom. The molecule has 0 aliphatic carbocycles. The standard InChI is InChI=1S/C16H26N2/c1-11-9-12(2)15(13(3)10-11)18-8-7-14(17-6)16(18,4)5/h9-10,14,17H,7-8H2,1-6H3. The minimum atomic E-state index is 0.180. The topological polar surface area (TPSA) is 15.3 Å². The van der Waals surface area contributed by atoms with E-state index in [2.05, 4.69) is 64.0 Å². The number of anilines is 1. The first-order valence-electron chi connectivity index (χ1n) is 6.90. The fourth-order valence-electron chi connectivity index (χ4n) is 3.58. The lowest BCUT2D eigenvalue weighted by atomic mass is 9.94. The number of aryl methyl sites for hydroxylation is 3. The van der Waals surface area contributed by atoms with Crippen LogP contribution in [0.5, 0.6) is 0 Å². The third-order valence-corrected chi connectivity index (χ3v) is 4.44. The summed E-state index contributed by atoms with van der Waals surface area (Å²) >= 11 is 0. The van der Waals surface area contributed by atoms with Gasteiger partial charge in [-0.2, -0.15) is 0 Å². The Kier molecular flexibility index (Phi) is 3.41. The maximum atomic E-state index is 3.46. The van der Waals surface area contributed by atoms with Crippen LogP contribution >= 0.6 is 0 Å². The zero-order valence-corrected chi connectivity index (χ0v) is 12.6. The molecule has 1 aromatic rings. The Hall–Kier alpha value is -1.02. The molecule has 0 spiro atoms. The Balaban J connectivity index is 2.45. The predicted molar refractivity (Wildman–Crippen MR) is 79.5 cm³/mol. The monoisotopic (exact) mass is 246 g/mol. The highest BCUT2D eigenvalue weighted by molar-refractivity contribution is 5.62. The summed E-state index contributed by atoms with van der Waals surface area (Å²) in [5.74, 6) is 0. The van der Waals surface area contributed by atoms with Crippen LogP contribution in [0.3, 0.4) is 0 Å². The second-order valence-electron chi connectivity index (χ2n) is 6.18. The van der Waals surface area contributed by atoms with Gasteiger partial charge < -0.3 is 10.2 Å². The van der Waals surface area contributed by atoms with Crippen LogP contribution in [0.15, 0.2) is 12.1 Å². The summed E-state index contributed by atoms with van der Waals surface area (Å²) in [5, 5.41) is 3.46. The summed E-state index contributed by atoms with van der Waals surface area (Å²) in [6.07, 6.45) is 1.22. The summed E-state index contributed by atoms with van der Waals surface area (Å²) in [4.78, 5) is 2.58. The molecular formula is C16H26N2. The molecule has 0 radical (unpaired) electrons. The van der Waals surface area contributed by atoms with Crippen LogP contribution in [0, 0.1) is 20.8 Å². The van der Waals surface area contributed by atoms with Gasteiger partial charge in [-0.05, 0) is 59.2 Å². The van der Waals surface area contributed by atoms with Crippen LogP contribution in [0.25, 0.3) is 0 Å². The molecule has 1 N–H and O–H groups in total. The van der Waals surface area contributed by atoms with Gasteiger partial charge in [0.1, 0.15) is 0 Å². The molecule has 0 saturated carbocycles. The van der Waals surface area contributed by atoms with Gasteiger partial charge in [0.05, 0.1) is 0 Å². The van der Waals surface area contributed by atoms with Gasteiger partial charge in [-0.3, -0.25) is 0 Å². The second-order valence-corrected chi connectivity index (χ2v) is 6.18. The Labute approximate surface area is 111 Å². The molecule has 18 heavy (non-hydrogen) atoms. The number of hydrogen-bond acceptors (Lipinski definition) is 2. The van der Waals surface area contributed by atoms with Gasteiger partial charge in [-0.25, -0.2) is 0 Å². The molecule has 1 heterocycles. The van der Waals surface area contributed by atoms with Crippen molar-refractivity contribution in [2.24, 2.45) is 0 Å². The molecular weight excluding hydrogens is 220 g/mol. The maximum absolute atomic E-state index is 3.46. The average molecular weight is 246 g/mol. The van der Waals surface area contributed by atoms with E-state index in [9.17, 15) is 0 Å². The average Bonchev–Trinajstić information content (AvgIpc) is 2.53. The first-order chi connectivity index (χ1) is 8.37. The lowest BCUT2D eigenvalue weighted by Crippen LogP contribution is -2.50. The molecule has 0 bridgehead atoms. The molecule has 1 atom stereocenters. The van der Waals surface area contributed by atoms with E-state index in [1.54, 1.807) is 0 Å². The number of benzene rings is 1. The van der Waals surface area contributed by atoms with E-state index in [0.29, 0.717) is 6.04 Å². The SMILES string of the molecule is CNC1CCN(c2c(C)cc(C)cc2C)C1(C)C. The molecule has 1 aliphatic heterocycles. The van der Waals surface area contributed by atoms with Crippen LogP contribution in [0.2, 0.25) is 0 Å². The number of nitrogens with one attached hydrogen (secondary N) is 1. The van der Waals surface area contributed by atoms with Gasteiger partial charge in [0, 0.05) is 23.8 Å². The molecule has 0 aromatic heterocycles. The molecule has 2 rings (SSSR count).